The van der Waals surface area contributed by atoms with Crippen molar-refractivity contribution in [2.45, 2.75) is 110 Å². The van der Waals surface area contributed by atoms with Gasteiger partial charge in [-0.3, -0.25) is 14.4 Å². The molecule has 0 aliphatic carbocycles. The number of carbonyl (C=O) groups is 5. The van der Waals surface area contributed by atoms with Crippen LogP contribution in [0, 0.1) is 0 Å². The predicted octanol–water partition coefficient (Wildman–Crippen LogP) is 4.97. The van der Waals surface area contributed by atoms with Gasteiger partial charge in [0.05, 0.1) is 12.8 Å². The molecule has 0 amide bonds. The minimum absolute atomic E-state index is 0.100. The monoisotopic (exact) mass is 494 g/mol. The molecule has 0 radical (unpaired) electrons. The van der Waals surface area contributed by atoms with Gasteiger partial charge in [-0.05, 0) is 12.8 Å². The molecule has 0 saturated carbocycles. The Bertz CT molecular complexity index is 697. The number of ketones is 2. The summed E-state index contributed by atoms with van der Waals surface area (Å²) in [6.45, 7) is 10.3. The van der Waals surface area contributed by atoms with Crippen LogP contribution in [0.25, 0.3) is 0 Å². The van der Waals surface area contributed by atoms with E-state index in [0.29, 0.717) is 6.42 Å². The van der Waals surface area contributed by atoms with E-state index < -0.39 is 35.9 Å². The lowest BCUT2D eigenvalue weighted by atomic mass is 10.0. The van der Waals surface area contributed by atoms with Crippen molar-refractivity contribution in [3.8, 4) is 0 Å². The third-order valence-electron chi connectivity index (χ3n) is 5.41. The molecular formula is C27H42O8. The van der Waals surface area contributed by atoms with E-state index in [1.54, 1.807) is 6.92 Å². The fraction of sp³-hybridized carbons (Fsp3) is 0.667. The average Bonchev–Trinajstić information content (AvgIpc) is 2.85. The Labute approximate surface area is 209 Å². The van der Waals surface area contributed by atoms with Crippen LogP contribution in [0.4, 0.5) is 0 Å². The van der Waals surface area contributed by atoms with Gasteiger partial charge in [-0.2, -0.15) is 0 Å². The number of esters is 3. The molecule has 0 aromatic heterocycles. The Morgan fingerprint density at radius 3 is 1.91 bits per heavy atom. The van der Waals surface area contributed by atoms with Gasteiger partial charge in [0.15, 0.2) is 11.9 Å². The van der Waals surface area contributed by atoms with Crippen LogP contribution in [0.1, 0.15) is 97.3 Å². The van der Waals surface area contributed by atoms with Gasteiger partial charge in [0.2, 0.25) is 0 Å². The Morgan fingerprint density at radius 2 is 1.34 bits per heavy atom. The molecule has 0 N–H and O–H groups in total. The lowest BCUT2D eigenvalue weighted by Gasteiger charge is -2.17. The van der Waals surface area contributed by atoms with Gasteiger partial charge in [-0.15, -0.1) is 0 Å². The zero-order valence-electron chi connectivity index (χ0n) is 21.4. The molecule has 0 saturated heterocycles. The zero-order chi connectivity index (χ0) is 26.5. The van der Waals surface area contributed by atoms with Crippen LogP contribution in [0.2, 0.25) is 0 Å². The van der Waals surface area contributed by atoms with Gasteiger partial charge in [0.25, 0.3) is 0 Å². The first-order chi connectivity index (χ1) is 16.8. The van der Waals surface area contributed by atoms with Crippen molar-refractivity contribution < 1.29 is 38.2 Å². The first-order valence-electron chi connectivity index (χ1n) is 12.6. The molecule has 0 aliphatic rings. The molecule has 2 unspecified atom stereocenters. The van der Waals surface area contributed by atoms with Crippen LogP contribution >= 0.6 is 0 Å². The van der Waals surface area contributed by atoms with Crippen LogP contribution in [0.3, 0.4) is 0 Å². The standard InChI is InChI=1S/C27H42O8/c1-5-9-10-11-12-13-14-15-16-22(34-25(30)7-3)20-33-27(32)18-17-21(28)19-24(23(29)6-2)35-26(31)8-4/h7-8,22,24H,3-6,9-20H2,1-2H3. The molecule has 8 heteroatoms. The van der Waals surface area contributed by atoms with Crippen LogP contribution in [-0.4, -0.2) is 48.3 Å². The summed E-state index contributed by atoms with van der Waals surface area (Å²) >= 11 is 0. The maximum Gasteiger partial charge on any atom is 0.330 e. The molecule has 35 heavy (non-hydrogen) atoms. The van der Waals surface area contributed by atoms with Gasteiger partial charge in [0.1, 0.15) is 18.5 Å². The number of unbranched alkanes of at least 4 members (excludes halogenated alkanes) is 7. The van der Waals surface area contributed by atoms with Gasteiger partial charge < -0.3 is 14.2 Å². The van der Waals surface area contributed by atoms with E-state index in [1.807, 2.05) is 0 Å². The summed E-state index contributed by atoms with van der Waals surface area (Å²) in [4.78, 5) is 59.2. The average molecular weight is 495 g/mol. The van der Waals surface area contributed by atoms with Crippen molar-refractivity contribution in [1.82, 2.24) is 0 Å². The minimum Gasteiger partial charge on any atom is -0.462 e. The molecule has 8 nitrogen and oxygen atoms in total. The first-order valence-corrected chi connectivity index (χ1v) is 12.6. The molecular weight excluding hydrogens is 452 g/mol. The summed E-state index contributed by atoms with van der Waals surface area (Å²) in [6.07, 6.45) is 9.31. The Balaban J connectivity index is 4.45. The lowest BCUT2D eigenvalue weighted by molar-refractivity contribution is -0.156. The number of rotatable bonds is 22. The number of Topliss-reactive ketones (excluding diaryl/α,β-unsaturated/α-hetero) is 2. The fourth-order valence-corrected chi connectivity index (χ4v) is 3.34. The summed E-state index contributed by atoms with van der Waals surface area (Å²) in [5, 5.41) is 0. The minimum atomic E-state index is -1.19. The SMILES string of the molecule is C=CC(=O)OC(CCCCCCCCCC)COC(=O)CCC(=O)CC(OC(=O)C=C)C(=O)CC. The maximum absolute atomic E-state index is 12.2. The van der Waals surface area contributed by atoms with Crippen molar-refractivity contribution in [2.75, 3.05) is 6.61 Å². The Hall–Kier alpha value is -2.77. The zero-order valence-corrected chi connectivity index (χ0v) is 21.4. The Kier molecular flexibility index (Phi) is 19.0. The highest BCUT2D eigenvalue weighted by molar-refractivity contribution is 5.93. The van der Waals surface area contributed by atoms with Crippen molar-refractivity contribution >= 4 is 29.5 Å². The normalized spacial score (nSPS) is 12.2. The second-order valence-corrected chi connectivity index (χ2v) is 8.40. The smallest absolute Gasteiger partial charge is 0.330 e. The number of carbonyl (C=O) groups excluding carboxylic acids is 5. The first kappa shape index (κ1) is 32.2. The predicted molar refractivity (Wildman–Crippen MR) is 132 cm³/mol. The molecule has 0 aromatic carbocycles. The van der Waals surface area contributed by atoms with E-state index in [4.69, 9.17) is 14.2 Å². The highest BCUT2D eigenvalue weighted by atomic mass is 16.6. The van der Waals surface area contributed by atoms with Crippen molar-refractivity contribution in [2.24, 2.45) is 0 Å². The summed E-state index contributed by atoms with van der Waals surface area (Å²) in [5.74, 6) is -2.78. The summed E-state index contributed by atoms with van der Waals surface area (Å²) < 4.78 is 15.4. The van der Waals surface area contributed by atoms with Crippen LogP contribution in [-0.2, 0) is 38.2 Å². The summed E-state index contributed by atoms with van der Waals surface area (Å²) in [6, 6.07) is 0. The van der Waals surface area contributed by atoms with Crippen molar-refractivity contribution in [1.29, 1.82) is 0 Å². The summed E-state index contributed by atoms with van der Waals surface area (Å²) in [7, 11) is 0. The Morgan fingerprint density at radius 1 is 0.771 bits per heavy atom. The molecule has 0 aliphatic heterocycles. The van der Waals surface area contributed by atoms with Gasteiger partial charge in [0, 0.05) is 25.0 Å². The van der Waals surface area contributed by atoms with Gasteiger partial charge in [-0.1, -0.05) is 72.0 Å². The van der Waals surface area contributed by atoms with Crippen LogP contribution in [0.5, 0.6) is 0 Å². The van der Waals surface area contributed by atoms with Crippen LogP contribution < -0.4 is 0 Å². The third-order valence-corrected chi connectivity index (χ3v) is 5.41. The van der Waals surface area contributed by atoms with Crippen molar-refractivity contribution in [3.63, 3.8) is 0 Å². The number of hydrogen-bond donors (Lipinski definition) is 0. The van der Waals surface area contributed by atoms with E-state index in [-0.39, 0.29) is 38.1 Å². The maximum atomic E-state index is 12.2. The van der Waals surface area contributed by atoms with Gasteiger partial charge in [-0.25, -0.2) is 9.59 Å². The second-order valence-electron chi connectivity index (χ2n) is 8.40. The third kappa shape index (κ3) is 17.3. The van der Waals surface area contributed by atoms with E-state index >= 15 is 0 Å². The highest BCUT2D eigenvalue weighted by Gasteiger charge is 2.24. The van der Waals surface area contributed by atoms with Crippen LogP contribution in [0.15, 0.2) is 25.3 Å². The van der Waals surface area contributed by atoms with E-state index in [0.717, 1.165) is 31.4 Å². The van der Waals surface area contributed by atoms with Gasteiger partial charge >= 0.3 is 17.9 Å². The van der Waals surface area contributed by atoms with E-state index in [1.165, 1.54) is 32.1 Å². The second kappa shape index (κ2) is 20.6. The molecule has 198 valence electrons. The molecule has 0 heterocycles. The molecule has 2 atom stereocenters. The number of hydrogen-bond acceptors (Lipinski definition) is 8. The molecule has 0 bridgehead atoms. The molecule has 0 spiro atoms. The topological polar surface area (TPSA) is 113 Å². The molecule has 0 rings (SSSR count). The quantitative estimate of drug-likeness (QED) is 0.0897. The highest BCUT2D eigenvalue weighted by Crippen LogP contribution is 2.13. The van der Waals surface area contributed by atoms with Crippen molar-refractivity contribution in [3.05, 3.63) is 25.3 Å². The lowest BCUT2D eigenvalue weighted by Crippen LogP contribution is -2.29. The fourth-order valence-electron chi connectivity index (χ4n) is 3.34. The summed E-state index contributed by atoms with van der Waals surface area (Å²) in [5.41, 5.74) is 0. The molecule has 0 aromatic rings. The number of ether oxygens (including phenoxy) is 3. The molecule has 0 fully saturated rings. The van der Waals surface area contributed by atoms with E-state index in [2.05, 4.69) is 20.1 Å². The van der Waals surface area contributed by atoms with E-state index in [9.17, 15) is 24.0 Å². The largest absolute Gasteiger partial charge is 0.462 e.